The number of hydrogen-bond donors (Lipinski definition) is 3. The van der Waals surface area contributed by atoms with Crippen molar-refractivity contribution in [3.63, 3.8) is 0 Å². The van der Waals surface area contributed by atoms with Crippen LogP contribution in [0.1, 0.15) is 32.0 Å². The Morgan fingerprint density at radius 3 is 2.84 bits per heavy atom. The number of imidazole rings is 1. The molecule has 1 aromatic heterocycles. The monoisotopic (exact) mass is 287 g/mol. The van der Waals surface area contributed by atoms with Crippen LogP contribution in [0.5, 0.6) is 0 Å². The van der Waals surface area contributed by atoms with E-state index >= 15 is 0 Å². The van der Waals surface area contributed by atoms with Crippen molar-refractivity contribution in [1.82, 2.24) is 14.7 Å². The zero-order valence-corrected chi connectivity index (χ0v) is 11.4. The molecule has 2 atom stereocenters. The van der Waals surface area contributed by atoms with Crippen molar-refractivity contribution in [3.8, 4) is 0 Å². The SMILES string of the molecule is CCc1ncc(S(=O)(=O)N[C@H]2CC[C@@H](C(=O)O)C2)[nH]1. The number of aromatic nitrogens is 2. The maximum atomic E-state index is 12.1. The molecular weight excluding hydrogens is 270 g/mol. The van der Waals surface area contributed by atoms with Crippen LogP contribution in [0.4, 0.5) is 0 Å². The van der Waals surface area contributed by atoms with Gasteiger partial charge in [0.2, 0.25) is 0 Å². The average Bonchev–Trinajstić information content (AvgIpc) is 2.96. The molecule has 1 aliphatic rings. The first-order valence-electron chi connectivity index (χ1n) is 6.21. The molecule has 1 saturated carbocycles. The van der Waals surface area contributed by atoms with Crippen LogP contribution in [0, 0.1) is 5.92 Å². The normalized spacial score (nSPS) is 23.6. The molecule has 0 bridgehead atoms. The number of carboxylic acid groups (broad SMARTS) is 1. The van der Waals surface area contributed by atoms with Crippen LogP contribution < -0.4 is 4.72 Å². The minimum absolute atomic E-state index is 0.0307. The van der Waals surface area contributed by atoms with Crippen LogP contribution in [-0.2, 0) is 21.2 Å². The Balaban J connectivity index is 2.04. The van der Waals surface area contributed by atoms with Gasteiger partial charge in [-0.25, -0.2) is 18.1 Å². The molecule has 19 heavy (non-hydrogen) atoms. The number of sulfonamides is 1. The van der Waals surface area contributed by atoms with Gasteiger partial charge in [-0.3, -0.25) is 4.79 Å². The summed E-state index contributed by atoms with van der Waals surface area (Å²) in [6.45, 7) is 1.87. The fourth-order valence-corrected chi connectivity index (χ4v) is 3.48. The smallest absolute Gasteiger partial charge is 0.306 e. The fraction of sp³-hybridized carbons (Fsp3) is 0.636. The van der Waals surface area contributed by atoms with Crippen molar-refractivity contribution >= 4 is 16.0 Å². The summed E-state index contributed by atoms with van der Waals surface area (Å²) in [5, 5.41) is 8.92. The van der Waals surface area contributed by atoms with E-state index in [1.807, 2.05) is 6.92 Å². The minimum atomic E-state index is -3.64. The summed E-state index contributed by atoms with van der Waals surface area (Å²) in [5.74, 6) is -0.715. The second kappa shape index (κ2) is 5.30. The lowest BCUT2D eigenvalue weighted by Crippen LogP contribution is -2.33. The number of nitrogens with one attached hydrogen (secondary N) is 2. The van der Waals surface area contributed by atoms with Crippen molar-refractivity contribution < 1.29 is 18.3 Å². The Kier molecular flexibility index (Phi) is 3.91. The third-order valence-electron chi connectivity index (χ3n) is 3.33. The highest BCUT2D eigenvalue weighted by molar-refractivity contribution is 7.89. The van der Waals surface area contributed by atoms with E-state index < -0.39 is 21.9 Å². The molecule has 1 fully saturated rings. The Morgan fingerprint density at radius 2 is 2.32 bits per heavy atom. The van der Waals surface area contributed by atoms with Crippen LogP contribution in [0.2, 0.25) is 0 Å². The second-order valence-corrected chi connectivity index (χ2v) is 6.40. The van der Waals surface area contributed by atoms with E-state index in [9.17, 15) is 13.2 Å². The lowest BCUT2D eigenvalue weighted by molar-refractivity contribution is -0.141. The number of rotatable bonds is 5. The van der Waals surface area contributed by atoms with Gasteiger partial charge in [0.15, 0.2) is 5.03 Å². The lowest BCUT2D eigenvalue weighted by Gasteiger charge is -2.11. The zero-order valence-electron chi connectivity index (χ0n) is 10.6. The molecule has 0 aliphatic heterocycles. The predicted molar refractivity (Wildman–Crippen MR) is 67.1 cm³/mol. The van der Waals surface area contributed by atoms with E-state index in [1.165, 1.54) is 6.20 Å². The Morgan fingerprint density at radius 1 is 1.58 bits per heavy atom. The molecule has 1 aliphatic carbocycles. The van der Waals surface area contributed by atoms with Gasteiger partial charge in [0.05, 0.1) is 12.1 Å². The van der Waals surface area contributed by atoms with Gasteiger partial charge in [-0.15, -0.1) is 0 Å². The van der Waals surface area contributed by atoms with Crippen molar-refractivity contribution in [3.05, 3.63) is 12.0 Å². The van der Waals surface area contributed by atoms with Gasteiger partial charge in [0.1, 0.15) is 5.82 Å². The Bertz CT molecular complexity index is 566. The highest BCUT2D eigenvalue weighted by Crippen LogP contribution is 2.26. The van der Waals surface area contributed by atoms with Crippen molar-refractivity contribution in [2.45, 2.75) is 43.7 Å². The fourth-order valence-electron chi connectivity index (χ4n) is 2.26. The third-order valence-corrected chi connectivity index (χ3v) is 4.76. The molecule has 0 spiro atoms. The van der Waals surface area contributed by atoms with Crippen LogP contribution >= 0.6 is 0 Å². The Hall–Kier alpha value is -1.41. The molecule has 1 heterocycles. The number of aliphatic carboxylic acids is 1. The number of carbonyl (C=O) groups is 1. The molecule has 106 valence electrons. The topological polar surface area (TPSA) is 112 Å². The number of hydrogen-bond acceptors (Lipinski definition) is 4. The van der Waals surface area contributed by atoms with Gasteiger partial charge in [-0.2, -0.15) is 0 Å². The molecule has 3 N–H and O–H groups in total. The van der Waals surface area contributed by atoms with Gasteiger partial charge in [-0.1, -0.05) is 6.92 Å². The summed E-state index contributed by atoms with van der Waals surface area (Å²) in [6.07, 6.45) is 3.30. The second-order valence-electron chi connectivity index (χ2n) is 4.71. The van der Waals surface area contributed by atoms with Crippen molar-refractivity contribution in [2.75, 3.05) is 0 Å². The molecule has 0 saturated heterocycles. The first-order valence-corrected chi connectivity index (χ1v) is 7.69. The number of H-pyrrole nitrogens is 1. The van der Waals surface area contributed by atoms with E-state index in [1.54, 1.807) is 0 Å². The largest absolute Gasteiger partial charge is 0.481 e. The maximum absolute atomic E-state index is 12.1. The van der Waals surface area contributed by atoms with Gasteiger partial charge >= 0.3 is 5.97 Å². The first-order chi connectivity index (χ1) is 8.92. The summed E-state index contributed by atoms with van der Waals surface area (Å²) in [6, 6.07) is -0.320. The highest BCUT2D eigenvalue weighted by Gasteiger charge is 2.32. The summed E-state index contributed by atoms with van der Waals surface area (Å²) >= 11 is 0. The molecule has 0 aromatic carbocycles. The van der Waals surface area contributed by atoms with E-state index in [-0.39, 0.29) is 11.1 Å². The number of nitrogens with zero attached hydrogens (tertiary/aromatic N) is 1. The molecule has 1 aromatic rings. The van der Waals surface area contributed by atoms with Crippen molar-refractivity contribution in [1.29, 1.82) is 0 Å². The summed E-state index contributed by atoms with van der Waals surface area (Å²) in [7, 11) is -3.64. The predicted octanol–water partition coefficient (Wildman–Crippen LogP) is 0.504. The minimum Gasteiger partial charge on any atom is -0.481 e. The van der Waals surface area contributed by atoms with Crippen LogP contribution in [0.25, 0.3) is 0 Å². The van der Waals surface area contributed by atoms with Crippen LogP contribution in [0.15, 0.2) is 11.2 Å². The van der Waals surface area contributed by atoms with Gasteiger partial charge in [0, 0.05) is 12.5 Å². The lowest BCUT2D eigenvalue weighted by atomic mass is 10.1. The number of carboxylic acids is 1. The summed E-state index contributed by atoms with van der Waals surface area (Å²) < 4.78 is 26.7. The van der Waals surface area contributed by atoms with E-state index in [2.05, 4.69) is 14.7 Å². The van der Waals surface area contributed by atoms with Gasteiger partial charge < -0.3 is 10.1 Å². The first kappa shape index (κ1) is 14.0. The molecule has 7 nitrogen and oxygen atoms in total. The molecule has 0 radical (unpaired) electrons. The summed E-state index contributed by atoms with van der Waals surface area (Å²) in [5.41, 5.74) is 0. The Labute approximate surface area is 111 Å². The highest BCUT2D eigenvalue weighted by atomic mass is 32.2. The van der Waals surface area contributed by atoms with Gasteiger partial charge in [0.25, 0.3) is 10.0 Å². The number of aryl methyl sites for hydroxylation is 1. The summed E-state index contributed by atoms with van der Waals surface area (Å²) in [4.78, 5) is 17.5. The van der Waals surface area contributed by atoms with Gasteiger partial charge in [-0.05, 0) is 19.3 Å². The van der Waals surface area contributed by atoms with Crippen LogP contribution in [0.3, 0.4) is 0 Å². The van der Waals surface area contributed by atoms with E-state index in [0.29, 0.717) is 31.5 Å². The molecule has 0 unspecified atom stereocenters. The quantitative estimate of drug-likeness (QED) is 0.730. The molecule has 2 rings (SSSR count). The average molecular weight is 287 g/mol. The molecule has 8 heteroatoms. The standard InChI is InChI=1S/C11H17N3O4S/c1-2-9-12-6-10(13-9)19(17,18)14-8-4-3-7(5-8)11(15)16/h6-8,14H,2-5H2,1H3,(H,12,13)(H,15,16)/t7-,8+/m1/s1. The maximum Gasteiger partial charge on any atom is 0.306 e. The molecular formula is C11H17N3O4S. The van der Waals surface area contributed by atoms with Crippen LogP contribution in [-0.4, -0.2) is 35.5 Å². The number of aromatic amines is 1. The molecule has 0 amide bonds. The van der Waals surface area contributed by atoms with E-state index in [4.69, 9.17) is 5.11 Å². The van der Waals surface area contributed by atoms with E-state index in [0.717, 1.165) is 0 Å². The van der Waals surface area contributed by atoms with Crippen molar-refractivity contribution in [2.24, 2.45) is 5.92 Å². The third kappa shape index (κ3) is 3.13. The zero-order chi connectivity index (χ0) is 14.0.